The zero-order valence-electron chi connectivity index (χ0n) is 9.78. The molecular weight excluding hydrogens is 220 g/mol. The molecule has 0 atom stereocenters. The predicted octanol–water partition coefficient (Wildman–Crippen LogP) is 2.06. The van der Waals surface area contributed by atoms with Crippen molar-refractivity contribution in [2.75, 3.05) is 18.9 Å². The molecule has 0 aliphatic heterocycles. The van der Waals surface area contributed by atoms with Crippen LogP contribution in [-0.4, -0.2) is 29.0 Å². The molecule has 2 N–H and O–H groups in total. The molecule has 0 saturated carbocycles. The van der Waals surface area contributed by atoms with Gasteiger partial charge >= 0.3 is 0 Å². The first-order valence-corrected chi connectivity index (χ1v) is 6.74. The Kier molecular flexibility index (Phi) is 7.21. The number of aromatic nitrogens is 1. The Hall–Kier alpha value is -0.580. The number of aliphatic hydroxyl groups excluding tert-OH is 1. The van der Waals surface area contributed by atoms with Crippen LogP contribution in [-0.2, 0) is 6.54 Å². The van der Waals surface area contributed by atoms with Gasteiger partial charge in [-0.15, -0.1) is 11.8 Å². The van der Waals surface area contributed by atoms with Gasteiger partial charge in [-0.1, -0.05) is 13.0 Å². The summed E-state index contributed by atoms with van der Waals surface area (Å²) >= 11 is 1.69. The number of hydrogen-bond donors (Lipinski definition) is 2. The summed E-state index contributed by atoms with van der Waals surface area (Å²) in [6.07, 6.45) is 3.90. The Bertz CT molecular complexity index is 248. The van der Waals surface area contributed by atoms with Gasteiger partial charge in [-0.25, -0.2) is 4.98 Å². The van der Waals surface area contributed by atoms with E-state index in [1.807, 2.05) is 12.3 Å². The molecule has 3 nitrogen and oxygen atoms in total. The van der Waals surface area contributed by atoms with Gasteiger partial charge in [0.25, 0.3) is 0 Å². The van der Waals surface area contributed by atoms with E-state index in [0.29, 0.717) is 0 Å². The molecule has 4 heteroatoms. The molecule has 0 radical (unpaired) electrons. The van der Waals surface area contributed by atoms with Crippen LogP contribution in [0.15, 0.2) is 23.4 Å². The Labute approximate surface area is 102 Å². The minimum Gasteiger partial charge on any atom is -0.396 e. The molecule has 0 spiro atoms. The van der Waals surface area contributed by atoms with E-state index in [0.717, 1.165) is 36.7 Å². The number of pyridine rings is 1. The molecule has 16 heavy (non-hydrogen) atoms. The third kappa shape index (κ3) is 5.49. The third-order valence-corrected chi connectivity index (χ3v) is 3.14. The molecule has 0 aliphatic carbocycles. The van der Waals surface area contributed by atoms with Crippen LogP contribution in [0.3, 0.4) is 0 Å². The smallest absolute Gasteiger partial charge is 0.0960 e. The highest BCUT2D eigenvalue weighted by Crippen LogP contribution is 2.15. The van der Waals surface area contributed by atoms with Crippen molar-refractivity contribution in [1.82, 2.24) is 10.3 Å². The average molecular weight is 240 g/mol. The van der Waals surface area contributed by atoms with Crippen molar-refractivity contribution in [2.45, 2.75) is 31.3 Å². The largest absolute Gasteiger partial charge is 0.396 e. The SMILES string of the molecule is CCCNCc1ccc(SCCCO)nc1. The number of hydrogen-bond acceptors (Lipinski definition) is 4. The monoisotopic (exact) mass is 240 g/mol. The highest BCUT2D eigenvalue weighted by atomic mass is 32.2. The molecule has 90 valence electrons. The van der Waals surface area contributed by atoms with E-state index in [1.54, 1.807) is 11.8 Å². The van der Waals surface area contributed by atoms with Gasteiger partial charge in [-0.05, 0) is 31.0 Å². The van der Waals surface area contributed by atoms with Crippen molar-refractivity contribution >= 4 is 11.8 Å². The molecule has 1 heterocycles. The first-order chi connectivity index (χ1) is 7.86. The van der Waals surface area contributed by atoms with E-state index in [1.165, 1.54) is 5.56 Å². The molecule has 0 amide bonds. The van der Waals surface area contributed by atoms with Crippen LogP contribution in [0.5, 0.6) is 0 Å². The topological polar surface area (TPSA) is 45.1 Å². The maximum Gasteiger partial charge on any atom is 0.0960 e. The van der Waals surface area contributed by atoms with Gasteiger partial charge in [0.15, 0.2) is 0 Å². The summed E-state index contributed by atoms with van der Waals surface area (Å²) in [5, 5.41) is 13.0. The van der Waals surface area contributed by atoms with Gasteiger partial charge < -0.3 is 10.4 Å². The maximum absolute atomic E-state index is 8.67. The third-order valence-electron chi connectivity index (χ3n) is 2.11. The number of aliphatic hydroxyl groups is 1. The lowest BCUT2D eigenvalue weighted by Crippen LogP contribution is -2.13. The first kappa shape index (κ1) is 13.5. The Morgan fingerprint density at radius 2 is 2.31 bits per heavy atom. The highest BCUT2D eigenvalue weighted by Gasteiger charge is 1.96. The van der Waals surface area contributed by atoms with Gasteiger partial charge in [0, 0.05) is 25.1 Å². The van der Waals surface area contributed by atoms with Crippen LogP contribution in [0, 0.1) is 0 Å². The molecule has 0 aliphatic rings. The van der Waals surface area contributed by atoms with Gasteiger partial charge in [0.2, 0.25) is 0 Å². The van der Waals surface area contributed by atoms with Crippen LogP contribution in [0.4, 0.5) is 0 Å². The zero-order valence-corrected chi connectivity index (χ0v) is 10.6. The molecule has 0 unspecified atom stereocenters. The van der Waals surface area contributed by atoms with E-state index in [4.69, 9.17) is 5.11 Å². The van der Waals surface area contributed by atoms with Crippen LogP contribution in [0.25, 0.3) is 0 Å². The van der Waals surface area contributed by atoms with Crippen LogP contribution in [0.1, 0.15) is 25.3 Å². The van der Waals surface area contributed by atoms with Crippen molar-refractivity contribution in [1.29, 1.82) is 0 Å². The van der Waals surface area contributed by atoms with Crippen molar-refractivity contribution < 1.29 is 5.11 Å². The predicted molar refractivity (Wildman–Crippen MR) is 68.7 cm³/mol. The summed E-state index contributed by atoms with van der Waals surface area (Å²) < 4.78 is 0. The van der Waals surface area contributed by atoms with E-state index < -0.39 is 0 Å². The minimum absolute atomic E-state index is 0.256. The van der Waals surface area contributed by atoms with Crippen LogP contribution >= 0.6 is 11.8 Å². The number of nitrogens with zero attached hydrogens (tertiary/aromatic N) is 1. The fourth-order valence-electron chi connectivity index (χ4n) is 1.25. The van der Waals surface area contributed by atoms with Crippen molar-refractivity contribution in [3.05, 3.63) is 23.9 Å². The highest BCUT2D eigenvalue weighted by molar-refractivity contribution is 7.99. The summed E-state index contributed by atoms with van der Waals surface area (Å²) in [5.74, 6) is 0.928. The van der Waals surface area contributed by atoms with E-state index in [9.17, 15) is 0 Å². The Morgan fingerprint density at radius 1 is 1.44 bits per heavy atom. The van der Waals surface area contributed by atoms with E-state index in [-0.39, 0.29) is 6.61 Å². The van der Waals surface area contributed by atoms with Gasteiger partial charge in [-0.3, -0.25) is 0 Å². The van der Waals surface area contributed by atoms with Gasteiger partial charge in [0.1, 0.15) is 0 Å². The molecule has 1 rings (SSSR count). The molecule has 0 bridgehead atoms. The summed E-state index contributed by atoms with van der Waals surface area (Å²) in [6.45, 7) is 4.35. The second-order valence-electron chi connectivity index (χ2n) is 3.61. The van der Waals surface area contributed by atoms with Gasteiger partial charge in [0.05, 0.1) is 5.03 Å². The normalized spacial score (nSPS) is 10.6. The summed E-state index contributed by atoms with van der Waals surface area (Å²) in [4.78, 5) is 4.37. The molecule has 1 aromatic rings. The Morgan fingerprint density at radius 3 is 2.94 bits per heavy atom. The zero-order chi connectivity index (χ0) is 11.6. The standard InChI is InChI=1S/C12H20N2OS/c1-2-6-13-9-11-4-5-12(14-10-11)16-8-3-7-15/h4-5,10,13,15H,2-3,6-9H2,1H3. The van der Waals surface area contributed by atoms with Crippen molar-refractivity contribution in [3.63, 3.8) is 0 Å². The average Bonchev–Trinajstić information content (AvgIpc) is 2.32. The van der Waals surface area contributed by atoms with Gasteiger partial charge in [-0.2, -0.15) is 0 Å². The molecule has 0 saturated heterocycles. The lowest BCUT2D eigenvalue weighted by atomic mass is 10.3. The number of thioether (sulfide) groups is 1. The van der Waals surface area contributed by atoms with Crippen LogP contribution < -0.4 is 5.32 Å². The maximum atomic E-state index is 8.67. The molecule has 0 aromatic carbocycles. The summed E-state index contributed by atoms with van der Waals surface area (Å²) in [5.41, 5.74) is 1.22. The first-order valence-electron chi connectivity index (χ1n) is 5.76. The summed E-state index contributed by atoms with van der Waals surface area (Å²) in [6, 6.07) is 4.15. The number of nitrogens with one attached hydrogen (secondary N) is 1. The molecule has 0 fully saturated rings. The fraction of sp³-hybridized carbons (Fsp3) is 0.583. The van der Waals surface area contributed by atoms with Crippen molar-refractivity contribution in [2.24, 2.45) is 0 Å². The van der Waals surface area contributed by atoms with Crippen LogP contribution in [0.2, 0.25) is 0 Å². The Balaban J connectivity index is 2.30. The lowest BCUT2D eigenvalue weighted by Gasteiger charge is -2.04. The van der Waals surface area contributed by atoms with Crippen molar-refractivity contribution in [3.8, 4) is 0 Å². The second-order valence-corrected chi connectivity index (χ2v) is 4.72. The lowest BCUT2D eigenvalue weighted by molar-refractivity contribution is 0.296. The van der Waals surface area contributed by atoms with E-state index >= 15 is 0 Å². The second kappa shape index (κ2) is 8.56. The minimum atomic E-state index is 0.256. The molecular formula is C12H20N2OS. The fourth-order valence-corrected chi connectivity index (χ4v) is 2.03. The quantitative estimate of drug-likeness (QED) is 0.539. The van der Waals surface area contributed by atoms with E-state index in [2.05, 4.69) is 23.3 Å². The molecule has 1 aromatic heterocycles. The number of rotatable bonds is 8. The summed E-state index contributed by atoms with van der Waals surface area (Å²) in [7, 11) is 0.